The van der Waals surface area contributed by atoms with Crippen molar-refractivity contribution in [2.75, 3.05) is 5.32 Å². The van der Waals surface area contributed by atoms with Gasteiger partial charge in [-0.15, -0.1) is 0 Å². The predicted molar refractivity (Wildman–Crippen MR) is 78.0 cm³/mol. The number of carbonyl (C=O) groups is 2. The predicted octanol–water partition coefficient (Wildman–Crippen LogP) is 3.60. The summed E-state index contributed by atoms with van der Waals surface area (Å²) in [5.41, 5.74) is 1.41. The number of benzene rings is 1. The molecule has 0 unspecified atom stereocenters. The maximum absolute atomic E-state index is 11.9. The van der Waals surface area contributed by atoms with Crippen LogP contribution < -0.4 is 5.32 Å². The molecule has 1 aromatic rings. The van der Waals surface area contributed by atoms with Gasteiger partial charge >= 0.3 is 5.97 Å². The molecule has 1 amide bonds. The zero-order chi connectivity index (χ0) is 14.5. The number of carbonyl (C=O) groups excluding carboxylic acids is 1. The van der Waals surface area contributed by atoms with Crippen LogP contribution in [-0.2, 0) is 4.79 Å². The monoisotopic (exact) mass is 275 g/mol. The Labute approximate surface area is 119 Å². The number of hydrogen-bond acceptors (Lipinski definition) is 2. The van der Waals surface area contributed by atoms with Crippen molar-refractivity contribution in [2.24, 2.45) is 5.92 Å². The van der Waals surface area contributed by atoms with Crippen LogP contribution in [0.15, 0.2) is 18.2 Å². The van der Waals surface area contributed by atoms with Gasteiger partial charge in [-0.05, 0) is 31.4 Å². The number of hydrogen-bond donors (Lipinski definition) is 2. The largest absolute Gasteiger partial charge is 0.478 e. The molecule has 2 rings (SSSR count). The van der Waals surface area contributed by atoms with Gasteiger partial charge in [0.25, 0.3) is 0 Å². The summed E-state index contributed by atoms with van der Waals surface area (Å²) in [5.74, 6) is -0.444. The van der Waals surface area contributed by atoms with E-state index in [0.29, 0.717) is 18.0 Å². The number of aromatic carboxylic acids is 1. The molecule has 1 aliphatic carbocycles. The average Bonchev–Trinajstić information content (AvgIpc) is 2.91. The van der Waals surface area contributed by atoms with E-state index < -0.39 is 5.97 Å². The number of amides is 1. The third-order valence-corrected chi connectivity index (χ3v) is 3.93. The quantitative estimate of drug-likeness (QED) is 0.862. The summed E-state index contributed by atoms with van der Waals surface area (Å²) in [6.07, 6.45) is 6.36. The molecule has 2 N–H and O–H groups in total. The minimum atomic E-state index is -1.01. The van der Waals surface area contributed by atoms with Crippen LogP contribution in [0.2, 0.25) is 0 Å². The second kappa shape index (κ2) is 6.55. The van der Waals surface area contributed by atoms with Crippen LogP contribution in [0.1, 0.15) is 54.4 Å². The summed E-state index contributed by atoms with van der Waals surface area (Å²) in [5, 5.41) is 11.9. The number of rotatable bonds is 5. The Balaban J connectivity index is 1.94. The highest BCUT2D eigenvalue weighted by molar-refractivity contribution is 6.00. The Morgan fingerprint density at radius 3 is 2.65 bits per heavy atom. The van der Waals surface area contributed by atoms with Crippen molar-refractivity contribution >= 4 is 17.6 Å². The van der Waals surface area contributed by atoms with Gasteiger partial charge in [-0.3, -0.25) is 4.79 Å². The molecule has 0 aliphatic heterocycles. The average molecular weight is 275 g/mol. The van der Waals surface area contributed by atoms with Crippen molar-refractivity contribution in [3.8, 4) is 0 Å². The molecule has 0 heterocycles. The van der Waals surface area contributed by atoms with E-state index >= 15 is 0 Å². The van der Waals surface area contributed by atoms with E-state index in [1.54, 1.807) is 18.2 Å². The van der Waals surface area contributed by atoms with E-state index in [1.165, 1.54) is 25.7 Å². The molecule has 20 heavy (non-hydrogen) atoms. The van der Waals surface area contributed by atoms with Gasteiger partial charge in [0.2, 0.25) is 5.91 Å². The number of nitrogens with one attached hydrogen (secondary N) is 1. The number of carboxylic acids is 1. The molecular formula is C16H21NO3. The van der Waals surface area contributed by atoms with E-state index in [2.05, 4.69) is 5.32 Å². The van der Waals surface area contributed by atoms with E-state index in [1.807, 2.05) is 6.92 Å². The van der Waals surface area contributed by atoms with E-state index in [4.69, 9.17) is 5.11 Å². The minimum Gasteiger partial charge on any atom is -0.478 e. The molecule has 0 atom stereocenters. The fourth-order valence-corrected chi connectivity index (χ4v) is 2.79. The maximum atomic E-state index is 11.9. The van der Waals surface area contributed by atoms with E-state index in [9.17, 15) is 9.59 Å². The summed E-state index contributed by atoms with van der Waals surface area (Å²) in [4.78, 5) is 23.1. The van der Waals surface area contributed by atoms with Gasteiger partial charge in [-0.25, -0.2) is 4.79 Å². The Bertz CT molecular complexity index is 504. The second-order valence-electron chi connectivity index (χ2n) is 5.59. The third-order valence-electron chi connectivity index (χ3n) is 3.93. The van der Waals surface area contributed by atoms with E-state index in [0.717, 1.165) is 12.0 Å². The first kappa shape index (κ1) is 14.6. The lowest BCUT2D eigenvalue weighted by atomic mass is 10.0. The standard InChI is InChI=1S/C16H21NO3/c1-11-6-8-14(13(10-11)16(19)20)17-15(18)9-7-12-4-2-3-5-12/h6,8,10,12H,2-5,7,9H2,1H3,(H,17,18)(H,19,20). The topological polar surface area (TPSA) is 66.4 Å². The first-order valence-electron chi connectivity index (χ1n) is 7.20. The van der Waals surface area contributed by atoms with Crippen LogP contribution in [0.3, 0.4) is 0 Å². The van der Waals surface area contributed by atoms with Crippen molar-refractivity contribution in [2.45, 2.75) is 45.4 Å². The van der Waals surface area contributed by atoms with Crippen LogP contribution in [0.25, 0.3) is 0 Å². The third kappa shape index (κ3) is 3.83. The summed E-state index contributed by atoms with van der Waals surface area (Å²) >= 11 is 0. The smallest absolute Gasteiger partial charge is 0.337 e. The lowest BCUT2D eigenvalue weighted by Crippen LogP contribution is -2.15. The first-order chi connectivity index (χ1) is 9.56. The maximum Gasteiger partial charge on any atom is 0.337 e. The zero-order valence-corrected chi connectivity index (χ0v) is 11.8. The SMILES string of the molecule is Cc1ccc(NC(=O)CCC2CCCC2)c(C(=O)O)c1. The number of aryl methyl sites for hydroxylation is 1. The Hall–Kier alpha value is -1.84. The van der Waals surface area contributed by atoms with Crippen molar-refractivity contribution < 1.29 is 14.7 Å². The molecule has 1 saturated carbocycles. The van der Waals surface area contributed by atoms with Crippen LogP contribution >= 0.6 is 0 Å². The highest BCUT2D eigenvalue weighted by Gasteiger charge is 2.17. The molecule has 108 valence electrons. The fraction of sp³-hybridized carbons (Fsp3) is 0.500. The van der Waals surface area contributed by atoms with Crippen LogP contribution in [-0.4, -0.2) is 17.0 Å². The van der Waals surface area contributed by atoms with Gasteiger partial charge in [0.05, 0.1) is 11.3 Å². The summed E-state index contributed by atoms with van der Waals surface area (Å²) in [6, 6.07) is 5.04. The van der Waals surface area contributed by atoms with Gasteiger partial charge in [0.15, 0.2) is 0 Å². The molecule has 1 fully saturated rings. The summed E-state index contributed by atoms with van der Waals surface area (Å²) < 4.78 is 0. The van der Waals surface area contributed by atoms with Gasteiger partial charge < -0.3 is 10.4 Å². The molecule has 4 nitrogen and oxygen atoms in total. The number of anilines is 1. The molecule has 1 aliphatic rings. The van der Waals surface area contributed by atoms with Crippen LogP contribution in [0.4, 0.5) is 5.69 Å². The highest BCUT2D eigenvalue weighted by Crippen LogP contribution is 2.28. The van der Waals surface area contributed by atoms with E-state index in [-0.39, 0.29) is 11.5 Å². The fourth-order valence-electron chi connectivity index (χ4n) is 2.79. The molecule has 0 aromatic heterocycles. The first-order valence-corrected chi connectivity index (χ1v) is 7.20. The summed E-state index contributed by atoms with van der Waals surface area (Å²) in [7, 11) is 0. The second-order valence-corrected chi connectivity index (χ2v) is 5.59. The molecular weight excluding hydrogens is 254 g/mol. The molecule has 4 heteroatoms. The van der Waals surface area contributed by atoms with Gasteiger partial charge in [0, 0.05) is 6.42 Å². The zero-order valence-electron chi connectivity index (χ0n) is 11.8. The Kier molecular flexibility index (Phi) is 4.77. The van der Waals surface area contributed by atoms with Gasteiger partial charge in [0.1, 0.15) is 0 Å². The lowest BCUT2D eigenvalue weighted by molar-refractivity contribution is -0.116. The Morgan fingerprint density at radius 2 is 2.00 bits per heavy atom. The molecule has 0 radical (unpaired) electrons. The van der Waals surface area contributed by atoms with Gasteiger partial charge in [-0.2, -0.15) is 0 Å². The molecule has 0 bridgehead atoms. The summed E-state index contributed by atoms with van der Waals surface area (Å²) in [6.45, 7) is 1.83. The normalized spacial score (nSPS) is 15.2. The molecule has 0 spiro atoms. The van der Waals surface area contributed by atoms with Crippen molar-refractivity contribution in [3.63, 3.8) is 0 Å². The Morgan fingerprint density at radius 1 is 1.30 bits per heavy atom. The van der Waals surface area contributed by atoms with Crippen LogP contribution in [0.5, 0.6) is 0 Å². The van der Waals surface area contributed by atoms with Crippen LogP contribution in [0, 0.1) is 12.8 Å². The molecule has 0 saturated heterocycles. The van der Waals surface area contributed by atoms with Crippen molar-refractivity contribution in [1.29, 1.82) is 0 Å². The lowest BCUT2D eigenvalue weighted by Gasteiger charge is -2.11. The number of carboxylic acid groups (broad SMARTS) is 1. The van der Waals surface area contributed by atoms with Crippen molar-refractivity contribution in [3.05, 3.63) is 29.3 Å². The van der Waals surface area contributed by atoms with Crippen molar-refractivity contribution in [1.82, 2.24) is 0 Å². The minimum absolute atomic E-state index is 0.0942. The van der Waals surface area contributed by atoms with Gasteiger partial charge in [-0.1, -0.05) is 37.3 Å². The highest BCUT2D eigenvalue weighted by atomic mass is 16.4. The molecule has 1 aromatic carbocycles.